The number of ether oxygens (including phenoxy) is 4. The Morgan fingerprint density at radius 3 is 2.14 bits per heavy atom. The number of carbonyl (C=O) groups excluding carboxylic acids is 7. The summed E-state index contributed by atoms with van der Waals surface area (Å²) in [6, 6.07) is 2.61. The molecule has 2 rings (SSSR count). The molecule has 0 saturated heterocycles. The highest BCUT2D eigenvalue weighted by molar-refractivity contribution is 5.96. The molecule has 3 amide bonds. The normalized spacial score (nSPS) is 16.9. The summed E-state index contributed by atoms with van der Waals surface area (Å²) in [4.78, 5) is 85.9. The van der Waals surface area contributed by atoms with Crippen LogP contribution >= 0.6 is 0 Å². The summed E-state index contributed by atoms with van der Waals surface area (Å²) >= 11 is 0. The maximum absolute atomic E-state index is 13.7. The van der Waals surface area contributed by atoms with E-state index in [9.17, 15) is 33.6 Å². The Labute approximate surface area is 242 Å². The zero-order valence-corrected chi connectivity index (χ0v) is 24.4. The van der Waals surface area contributed by atoms with Gasteiger partial charge in [0.15, 0.2) is 6.10 Å². The highest BCUT2D eigenvalue weighted by atomic mass is 16.6. The first kappa shape index (κ1) is 33.7. The molecule has 5 atom stereocenters. The van der Waals surface area contributed by atoms with Crippen LogP contribution in [0.3, 0.4) is 0 Å². The molecule has 0 spiro atoms. The maximum Gasteiger partial charge on any atom is 0.342 e. The van der Waals surface area contributed by atoms with Gasteiger partial charge in [0.05, 0.1) is 18.5 Å². The van der Waals surface area contributed by atoms with Gasteiger partial charge in [-0.1, -0.05) is 26.0 Å². The van der Waals surface area contributed by atoms with Crippen molar-refractivity contribution in [3.63, 3.8) is 0 Å². The van der Waals surface area contributed by atoms with Crippen LogP contribution in [0.15, 0.2) is 18.2 Å². The summed E-state index contributed by atoms with van der Waals surface area (Å²) in [6.45, 7) is 8.16. The van der Waals surface area contributed by atoms with Gasteiger partial charge in [-0.25, -0.2) is 4.79 Å². The third-order valence-corrected chi connectivity index (χ3v) is 6.11. The second-order valence-electron chi connectivity index (χ2n) is 10.4. The van der Waals surface area contributed by atoms with Gasteiger partial charge in [0, 0.05) is 34.1 Å². The van der Waals surface area contributed by atoms with Crippen LogP contribution in [-0.4, -0.2) is 72.0 Å². The number of hydrogen-bond donors (Lipinski definition) is 3. The smallest absolute Gasteiger partial charge is 0.342 e. The number of esters is 4. The van der Waals surface area contributed by atoms with Crippen LogP contribution in [-0.2, 0) is 49.4 Å². The van der Waals surface area contributed by atoms with Crippen LogP contribution in [0, 0.1) is 5.92 Å². The van der Waals surface area contributed by atoms with Crippen molar-refractivity contribution in [2.75, 3.05) is 0 Å². The third kappa shape index (κ3) is 9.85. The molecular weight excluding hydrogens is 554 g/mol. The fourth-order valence-corrected chi connectivity index (χ4v) is 4.70. The Morgan fingerprint density at radius 2 is 1.62 bits per heavy atom. The van der Waals surface area contributed by atoms with Crippen LogP contribution in [0.25, 0.3) is 0 Å². The fourth-order valence-electron chi connectivity index (χ4n) is 4.70. The molecule has 14 heteroatoms. The summed E-state index contributed by atoms with van der Waals surface area (Å²) in [7, 11) is 0. The van der Waals surface area contributed by atoms with E-state index in [1.807, 2.05) is 13.8 Å². The van der Waals surface area contributed by atoms with Crippen LogP contribution < -0.4 is 21.1 Å². The molecule has 0 radical (unpaired) electrons. The van der Waals surface area contributed by atoms with E-state index < -0.39 is 78.4 Å². The standard InChI is InChI=1S/C28H37N3O11/c1-13(2)10-19(22-11-18-8-7-9-21(39-15(4)33)24(18)28(38)42-22)31-27(37)26(41-17(6)35)25(40-16(5)34)20(12-23(29)36)30-14(3)32/h7-9,13,19-20,22,25-26H,10-12H2,1-6H3,(H2,29,36)(H,30,32)(H,31,37). The molecule has 230 valence electrons. The van der Waals surface area contributed by atoms with Crippen molar-refractivity contribution in [1.29, 1.82) is 0 Å². The molecular formula is C28H37N3O11. The molecule has 1 heterocycles. The average Bonchev–Trinajstić information content (AvgIpc) is 2.83. The molecule has 0 bridgehead atoms. The SMILES string of the molecule is CC(=O)NC(CC(N)=O)C(OC(C)=O)C(OC(C)=O)C(=O)NC(CC(C)C)C1Cc2cccc(OC(C)=O)c2C(=O)O1. The Hall–Kier alpha value is -4.49. The summed E-state index contributed by atoms with van der Waals surface area (Å²) in [5.74, 6) is -5.58. The molecule has 42 heavy (non-hydrogen) atoms. The van der Waals surface area contributed by atoms with Crippen molar-refractivity contribution in [3.05, 3.63) is 29.3 Å². The number of rotatable bonds is 13. The number of fused-ring (bicyclic) bond motifs is 1. The average molecular weight is 592 g/mol. The van der Waals surface area contributed by atoms with E-state index in [1.54, 1.807) is 12.1 Å². The van der Waals surface area contributed by atoms with E-state index in [0.717, 1.165) is 20.8 Å². The predicted molar refractivity (Wildman–Crippen MR) is 145 cm³/mol. The van der Waals surface area contributed by atoms with Crippen molar-refractivity contribution in [2.45, 2.75) is 91.2 Å². The van der Waals surface area contributed by atoms with Crippen LogP contribution in [0.1, 0.15) is 70.3 Å². The number of benzene rings is 1. The lowest BCUT2D eigenvalue weighted by molar-refractivity contribution is -0.174. The number of hydrogen-bond acceptors (Lipinski definition) is 11. The molecule has 0 fully saturated rings. The zero-order valence-electron chi connectivity index (χ0n) is 24.4. The molecule has 14 nitrogen and oxygen atoms in total. The van der Waals surface area contributed by atoms with Gasteiger partial charge >= 0.3 is 23.9 Å². The quantitative estimate of drug-likeness (QED) is 0.163. The summed E-state index contributed by atoms with van der Waals surface area (Å²) in [6.07, 6.45) is -4.42. The Kier molecular flexibility index (Phi) is 12.0. The Bertz CT molecular complexity index is 1210. The minimum Gasteiger partial charge on any atom is -0.456 e. The first-order valence-corrected chi connectivity index (χ1v) is 13.3. The monoisotopic (exact) mass is 591 g/mol. The van der Waals surface area contributed by atoms with Gasteiger partial charge in [0.1, 0.15) is 17.4 Å². The molecule has 1 aromatic carbocycles. The van der Waals surface area contributed by atoms with Gasteiger partial charge in [-0.15, -0.1) is 0 Å². The molecule has 4 N–H and O–H groups in total. The number of nitrogens with two attached hydrogens (primary N) is 1. The van der Waals surface area contributed by atoms with E-state index in [1.165, 1.54) is 13.0 Å². The highest BCUT2D eigenvalue weighted by Crippen LogP contribution is 2.31. The number of carbonyl (C=O) groups is 7. The van der Waals surface area contributed by atoms with Gasteiger partial charge in [-0.3, -0.25) is 28.8 Å². The van der Waals surface area contributed by atoms with Crippen LogP contribution in [0.2, 0.25) is 0 Å². The van der Waals surface area contributed by atoms with Crippen LogP contribution in [0.4, 0.5) is 0 Å². The molecule has 5 unspecified atom stereocenters. The first-order valence-electron chi connectivity index (χ1n) is 13.3. The lowest BCUT2D eigenvalue weighted by atomic mass is 9.90. The van der Waals surface area contributed by atoms with Gasteiger partial charge in [-0.05, 0) is 24.0 Å². The molecule has 1 aliphatic heterocycles. The van der Waals surface area contributed by atoms with Crippen molar-refractivity contribution in [2.24, 2.45) is 11.7 Å². The first-order chi connectivity index (χ1) is 19.6. The molecule has 1 aromatic rings. The number of primary amides is 1. The fraction of sp³-hybridized carbons (Fsp3) is 0.536. The summed E-state index contributed by atoms with van der Waals surface area (Å²) in [5, 5.41) is 5.15. The van der Waals surface area contributed by atoms with Crippen molar-refractivity contribution >= 4 is 41.6 Å². The second kappa shape index (κ2) is 14.9. The van der Waals surface area contributed by atoms with Crippen molar-refractivity contribution in [3.8, 4) is 5.75 Å². The van der Waals surface area contributed by atoms with E-state index in [0.29, 0.717) is 12.0 Å². The largest absolute Gasteiger partial charge is 0.456 e. The maximum atomic E-state index is 13.7. The van der Waals surface area contributed by atoms with E-state index in [2.05, 4.69) is 10.6 Å². The third-order valence-electron chi connectivity index (χ3n) is 6.11. The number of cyclic esters (lactones) is 1. The van der Waals surface area contributed by atoms with Crippen molar-refractivity contribution in [1.82, 2.24) is 10.6 Å². The Balaban J connectivity index is 2.46. The van der Waals surface area contributed by atoms with Gasteiger partial charge in [0.2, 0.25) is 17.9 Å². The minimum absolute atomic E-state index is 0.0128. The van der Waals surface area contributed by atoms with Crippen molar-refractivity contribution < 1.29 is 52.5 Å². The van der Waals surface area contributed by atoms with E-state index >= 15 is 0 Å². The highest BCUT2D eigenvalue weighted by Gasteiger charge is 2.43. The Morgan fingerprint density at radius 1 is 0.976 bits per heavy atom. The van der Waals surface area contributed by atoms with Gasteiger partial charge in [0.25, 0.3) is 5.91 Å². The minimum atomic E-state index is -1.82. The second-order valence-corrected chi connectivity index (χ2v) is 10.4. The zero-order chi connectivity index (χ0) is 31.7. The molecule has 0 aliphatic carbocycles. The van der Waals surface area contributed by atoms with Gasteiger partial charge < -0.3 is 35.3 Å². The molecule has 0 aromatic heterocycles. The summed E-state index contributed by atoms with van der Waals surface area (Å²) in [5.41, 5.74) is 5.94. The molecule has 1 aliphatic rings. The lowest BCUT2D eigenvalue weighted by Crippen LogP contribution is -2.59. The number of amides is 3. The predicted octanol–water partition coefficient (Wildman–Crippen LogP) is 0.468. The lowest BCUT2D eigenvalue weighted by Gasteiger charge is -2.35. The van der Waals surface area contributed by atoms with E-state index in [-0.39, 0.29) is 23.7 Å². The summed E-state index contributed by atoms with van der Waals surface area (Å²) < 4.78 is 21.4. The number of nitrogens with one attached hydrogen (secondary N) is 2. The van der Waals surface area contributed by atoms with Gasteiger partial charge in [-0.2, -0.15) is 0 Å². The topological polar surface area (TPSA) is 206 Å². The molecule has 0 saturated carbocycles. The van der Waals surface area contributed by atoms with E-state index in [4.69, 9.17) is 24.7 Å². The van der Waals surface area contributed by atoms with Crippen LogP contribution in [0.5, 0.6) is 5.75 Å².